The number of rotatable bonds is 5. The van der Waals surface area contributed by atoms with Crippen LogP contribution in [0.2, 0.25) is 0 Å². The zero-order valence-corrected chi connectivity index (χ0v) is 11.1. The van der Waals surface area contributed by atoms with Gasteiger partial charge in [0.25, 0.3) is 0 Å². The number of aliphatic hydroxyl groups is 1. The van der Waals surface area contributed by atoms with Crippen LogP contribution in [0.5, 0.6) is 0 Å². The molecule has 0 aromatic carbocycles. The van der Waals surface area contributed by atoms with Crippen molar-refractivity contribution in [1.29, 1.82) is 0 Å². The first-order chi connectivity index (χ1) is 9.49. The predicted molar refractivity (Wildman–Crippen MR) is 72.3 cm³/mol. The zero-order valence-electron chi connectivity index (χ0n) is 11.1. The van der Waals surface area contributed by atoms with Crippen LogP contribution in [0, 0.1) is 17.0 Å². The molecule has 2 aromatic rings. The molecule has 0 fully saturated rings. The monoisotopic (exact) mass is 277 g/mol. The molecule has 1 atom stereocenters. The van der Waals surface area contributed by atoms with Crippen molar-refractivity contribution in [2.45, 2.75) is 13.0 Å². The summed E-state index contributed by atoms with van der Waals surface area (Å²) in [4.78, 5) is 14.5. The van der Waals surface area contributed by atoms with Crippen LogP contribution in [0.15, 0.2) is 24.7 Å². The third-order valence-corrected chi connectivity index (χ3v) is 2.88. The van der Waals surface area contributed by atoms with E-state index in [0.29, 0.717) is 11.1 Å². The molecule has 0 saturated carbocycles. The second kappa shape index (κ2) is 5.66. The van der Waals surface area contributed by atoms with Gasteiger partial charge in [0, 0.05) is 37.1 Å². The number of nitro groups is 1. The Morgan fingerprint density at radius 2 is 2.35 bits per heavy atom. The van der Waals surface area contributed by atoms with Crippen LogP contribution in [-0.2, 0) is 7.05 Å². The van der Waals surface area contributed by atoms with Crippen LogP contribution in [0.4, 0.5) is 11.5 Å². The van der Waals surface area contributed by atoms with E-state index >= 15 is 0 Å². The predicted octanol–water partition coefficient (Wildman–Crippen LogP) is 1.18. The number of hydrogen-bond donors (Lipinski definition) is 2. The number of nitrogens with one attached hydrogen (secondary N) is 1. The second-order valence-electron chi connectivity index (χ2n) is 4.43. The van der Waals surface area contributed by atoms with Gasteiger partial charge in [0.1, 0.15) is 0 Å². The fourth-order valence-electron chi connectivity index (χ4n) is 1.83. The second-order valence-corrected chi connectivity index (χ2v) is 4.43. The van der Waals surface area contributed by atoms with Crippen molar-refractivity contribution in [2.24, 2.45) is 7.05 Å². The van der Waals surface area contributed by atoms with Crippen LogP contribution in [0.1, 0.15) is 17.2 Å². The molecule has 0 bridgehead atoms. The number of aromatic nitrogens is 3. The number of aryl methyl sites for hydroxylation is 2. The molecule has 2 N–H and O–H groups in total. The van der Waals surface area contributed by atoms with E-state index in [4.69, 9.17) is 0 Å². The first-order valence-corrected chi connectivity index (χ1v) is 5.99. The van der Waals surface area contributed by atoms with Gasteiger partial charge < -0.3 is 10.4 Å². The van der Waals surface area contributed by atoms with Gasteiger partial charge in [-0.05, 0) is 13.0 Å². The summed E-state index contributed by atoms with van der Waals surface area (Å²) in [5, 5.41) is 27.8. The first-order valence-electron chi connectivity index (χ1n) is 5.99. The fraction of sp³-hybridized carbons (Fsp3) is 0.333. The normalized spacial score (nSPS) is 12.2. The van der Waals surface area contributed by atoms with E-state index in [2.05, 4.69) is 15.4 Å². The summed E-state index contributed by atoms with van der Waals surface area (Å²) in [6, 6.07) is 1.57. The van der Waals surface area contributed by atoms with E-state index in [1.807, 2.05) is 0 Å². The molecular weight excluding hydrogens is 262 g/mol. The van der Waals surface area contributed by atoms with Crippen LogP contribution >= 0.6 is 0 Å². The van der Waals surface area contributed by atoms with Crippen molar-refractivity contribution in [1.82, 2.24) is 14.8 Å². The molecule has 2 heterocycles. The standard InChI is InChI=1S/C12H15N5O3/c1-8-3-4-13-12(11(8)17(19)20)14-6-10(18)9-5-15-16(2)7-9/h3-5,7,10,18H,6H2,1-2H3,(H,13,14). The van der Waals surface area contributed by atoms with Gasteiger partial charge >= 0.3 is 5.69 Å². The third kappa shape index (κ3) is 2.91. The molecule has 0 aliphatic heterocycles. The van der Waals surface area contributed by atoms with Gasteiger partial charge in [0.15, 0.2) is 0 Å². The molecule has 2 aromatic heterocycles. The largest absolute Gasteiger partial charge is 0.386 e. The summed E-state index contributed by atoms with van der Waals surface area (Å²) in [7, 11) is 1.75. The fourth-order valence-corrected chi connectivity index (χ4v) is 1.83. The highest BCUT2D eigenvalue weighted by molar-refractivity contribution is 5.59. The lowest BCUT2D eigenvalue weighted by Gasteiger charge is -2.11. The van der Waals surface area contributed by atoms with E-state index < -0.39 is 11.0 Å². The van der Waals surface area contributed by atoms with E-state index in [1.54, 1.807) is 37.1 Å². The Kier molecular flexibility index (Phi) is 3.94. The summed E-state index contributed by atoms with van der Waals surface area (Å²) in [5.41, 5.74) is 1.07. The lowest BCUT2D eigenvalue weighted by atomic mass is 10.2. The number of aliphatic hydroxyl groups excluding tert-OH is 1. The van der Waals surface area contributed by atoms with Crippen LogP contribution in [-0.4, -0.2) is 31.3 Å². The Balaban J connectivity index is 2.11. The molecule has 0 aliphatic rings. The van der Waals surface area contributed by atoms with E-state index in [-0.39, 0.29) is 18.1 Å². The molecule has 2 rings (SSSR count). The van der Waals surface area contributed by atoms with E-state index in [1.165, 1.54) is 6.20 Å². The van der Waals surface area contributed by atoms with Gasteiger partial charge in [0.05, 0.1) is 17.2 Å². The number of nitrogens with zero attached hydrogens (tertiary/aromatic N) is 4. The Morgan fingerprint density at radius 1 is 1.60 bits per heavy atom. The van der Waals surface area contributed by atoms with Crippen LogP contribution < -0.4 is 5.32 Å². The maximum Gasteiger partial charge on any atom is 0.314 e. The van der Waals surface area contributed by atoms with Gasteiger partial charge in [-0.25, -0.2) is 4.98 Å². The SMILES string of the molecule is Cc1ccnc(NCC(O)c2cnn(C)c2)c1[N+](=O)[O-]. The van der Waals surface area contributed by atoms with Gasteiger partial charge in [-0.1, -0.05) is 0 Å². The zero-order chi connectivity index (χ0) is 14.7. The molecule has 0 aliphatic carbocycles. The Labute approximate surface area is 115 Å². The highest BCUT2D eigenvalue weighted by atomic mass is 16.6. The Bertz CT molecular complexity index is 625. The lowest BCUT2D eigenvalue weighted by Crippen LogP contribution is -2.14. The molecule has 0 radical (unpaired) electrons. The maximum absolute atomic E-state index is 11.0. The molecule has 0 spiro atoms. The van der Waals surface area contributed by atoms with Crippen molar-refractivity contribution >= 4 is 11.5 Å². The molecule has 0 amide bonds. The average Bonchev–Trinajstić information content (AvgIpc) is 2.82. The van der Waals surface area contributed by atoms with Crippen molar-refractivity contribution < 1.29 is 10.0 Å². The lowest BCUT2D eigenvalue weighted by molar-refractivity contribution is -0.384. The van der Waals surface area contributed by atoms with Gasteiger partial charge in [-0.2, -0.15) is 5.10 Å². The minimum atomic E-state index is -0.814. The number of pyridine rings is 1. The van der Waals surface area contributed by atoms with Gasteiger partial charge in [0.2, 0.25) is 5.82 Å². The molecule has 8 nitrogen and oxygen atoms in total. The smallest absolute Gasteiger partial charge is 0.314 e. The van der Waals surface area contributed by atoms with Crippen molar-refractivity contribution in [2.75, 3.05) is 11.9 Å². The topological polar surface area (TPSA) is 106 Å². The maximum atomic E-state index is 11.0. The molecule has 0 saturated heterocycles. The number of hydrogen-bond acceptors (Lipinski definition) is 6. The summed E-state index contributed by atoms with van der Waals surface area (Å²) in [5.74, 6) is 0.151. The summed E-state index contributed by atoms with van der Waals surface area (Å²) < 4.78 is 1.58. The van der Waals surface area contributed by atoms with Crippen LogP contribution in [0.3, 0.4) is 0 Å². The summed E-state index contributed by atoms with van der Waals surface area (Å²) in [6.45, 7) is 1.76. The third-order valence-electron chi connectivity index (χ3n) is 2.88. The Morgan fingerprint density at radius 3 is 2.95 bits per heavy atom. The average molecular weight is 277 g/mol. The molecule has 8 heteroatoms. The highest BCUT2D eigenvalue weighted by Crippen LogP contribution is 2.26. The molecule has 106 valence electrons. The summed E-state index contributed by atoms with van der Waals surface area (Å²) in [6.07, 6.45) is 3.90. The Hall–Kier alpha value is -2.48. The molecule has 20 heavy (non-hydrogen) atoms. The molecule has 1 unspecified atom stereocenters. The van der Waals surface area contributed by atoms with Gasteiger partial charge in [-0.3, -0.25) is 14.8 Å². The van der Waals surface area contributed by atoms with Gasteiger partial charge in [-0.15, -0.1) is 0 Å². The van der Waals surface area contributed by atoms with Crippen molar-refractivity contribution in [3.8, 4) is 0 Å². The quantitative estimate of drug-likeness (QED) is 0.627. The van der Waals surface area contributed by atoms with E-state index in [9.17, 15) is 15.2 Å². The van der Waals surface area contributed by atoms with Crippen molar-refractivity contribution in [3.05, 3.63) is 45.9 Å². The van der Waals surface area contributed by atoms with E-state index in [0.717, 1.165) is 0 Å². The van der Waals surface area contributed by atoms with Crippen molar-refractivity contribution in [3.63, 3.8) is 0 Å². The minimum Gasteiger partial charge on any atom is -0.386 e. The van der Waals surface area contributed by atoms with Crippen LogP contribution in [0.25, 0.3) is 0 Å². The minimum absolute atomic E-state index is 0.0779. The molecular formula is C12H15N5O3. The summed E-state index contributed by atoms with van der Waals surface area (Å²) >= 11 is 0. The number of anilines is 1. The highest BCUT2D eigenvalue weighted by Gasteiger charge is 2.19. The first kappa shape index (κ1) is 13.9.